The fourth-order valence-corrected chi connectivity index (χ4v) is 3.32. The molecule has 7 nitrogen and oxygen atoms in total. The predicted molar refractivity (Wildman–Crippen MR) is 56.8 cm³/mol. The van der Waals surface area contributed by atoms with Crippen molar-refractivity contribution in [1.82, 2.24) is 0 Å². The zero-order valence-corrected chi connectivity index (χ0v) is 10.4. The maximum Gasteiger partial charge on any atom is 0.295 e. The highest BCUT2D eigenvalue weighted by molar-refractivity contribution is 7.89. The Morgan fingerprint density at radius 1 is 1.24 bits per heavy atom. The molecule has 0 aliphatic rings. The van der Waals surface area contributed by atoms with Crippen LogP contribution in [0, 0.1) is 6.92 Å². The molecular formula is C8H10NO6S2. The smallest absolute Gasteiger partial charge is 0.282 e. The van der Waals surface area contributed by atoms with Crippen molar-refractivity contribution in [3.63, 3.8) is 0 Å². The first-order valence-corrected chi connectivity index (χ1v) is 7.28. The Kier molecular flexibility index (Phi) is 3.60. The van der Waals surface area contributed by atoms with E-state index >= 15 is 0 Å². The van der Waals surface area contributed by atoms with Gasteiger partial charge in [0.1, 0.15) is 11.5 Å². The molecule has 0 saturated heterocycles. The van der Waals surface area contributed by atoms with Gasteiger partial charge in [-0.05, 0) is 18.6 Å². The summed E-state index contributed by atoms with van der Waals surface area (Å²) in [7, 11) is -8.80. The molecule has 0 spiro atoms. The van der Waals surface area contributed by atoms with Crippen LogP contribution >= 0.6 is 0 Å². The van der Waals surface area contributed by atoms with Crippen molar-refractivity contribution in [2.75, 3.05) is 0 Å². The van der Waals surface area contributed by atoms with E-state index in [2.05, 4.69) is 0 Å². The molecule has 0 amide bonds. The van der Waals surface area contributed by atoms with E-state index in [9.17, 15) is 21.9 Å². The summed E-state index contributed by atoms with van der Waals surface area (Å²) in [5.74, 6) is 0. The molecule has 17 heavy (non-hydrogen) atoms. The molecule has 0 aliphatic carbocycles. The molecule has 0 aromatic heterocycles. The second-order valence-corrected chi connectivity index (χ2v) is 6.23. The molecule has 0 heterocycles. The van der Waals surface area contributed by atoms with Crippen molar-refractivity contribution in [3.8, 4) is 0 Å². The first-order valence-electron chi connectivity index (χ1n) is 4.30. The summed E-state index contributed by atoms with van der Waals surface area (Å²) in [6.45, 7) is 0.253. The van der Waals surface area contributed by atoms with Gasteiger partial charge in [-0.25, -0.2) is 18.7 Å². The van der Waals surface area contributed by atoms with Crippen molar-refractivity contribution < 1.29 is 26.5 Å². The van der Waals surface area contributed by atoms with Gasteiger partial charge < -0.3 is 0 Å². The normalized spacial score (nSPS) is 12.7. The molecule has 3 N–H and O–H groups in total. The molecule has 1 aromatic rings. The Morgan fingerprint density at radius 3 is 2.12 bits per heavy atom. The van der Waals surface area contributed by atoms with Gasteiger partial charge in [0.25, 0.3) is 10.1 Å². The number of hydrogen-bond acceptors (Lipinski definition) is 4. The summed E-state index contributed by atoms with van der Waals surface area (Å²) in [4.78, 5) is -1.14. The number of primary sulfonamides is 1. The minimum absolute atomic E-state index is 0.211. The van der Waals surface area contributed by atoms with Gasteiger partial charge in [-0.3, -0.25) is 4.55 Å². The van der Waals surface area contributed by atoms with Crippen molar-refractivity contribution in [2.45, 2.75) is 23.3 Å². The zero-order valence-electron chi connectivity index (χ0n) is 8.74. The van der Waals surface area contributed by atoms with Gasteiger partial charge in [-0.15, -0.1) is 0 Å². The van der Waals surface area contributed by atoms with E-state index in [4.69, 9.17) is 9.69 Å². The molecule has 0 aliphatic heterocycles. The predicted octanol–water partition coefficient (Wildman–Crippen LogP) is -0.180. The molecule has 1 aromatic carbocycles. The molecule has 1 rings (SSSR count). The highest BCUT2D eigenvalue weighted by Gasteiger charge is 2.24. The molecular weight excluding hydrogens is 270 g/mol. The third-order valence-corrected chi connectivity index (χ3v) is 4.30. The molecule has 1 radical (unpaired) electrons. The molecule has 0 atom stereocenters. The Hall–Kier alpha value is -1.00. The van der Waals surface area contributed by atoms with Crippen LogP contribution in [0.15, 0.2) is 21.9 Å². The van der Waals surface area contributed by atoms with Gasteiger partial charge in [-0.2, -0.15) is 8.42 Å². The Bertz CT molecular complexity index is 647. The van der Waals surface area contributed by atoms with Gasteiger partial charge in [0.05, 0.1) is 4.90 Å². The topological polar surface area (TPSA) is 134 Å². The standard InChI is InChI=1S/C8H10NO6S2/c1-5-7(16(9,11)12)3-2-6(4-10)8(5)17(13,14)15/h2-3H,4H2,1H3,(H2,9,11,12)(H,13,14,15). The minimum atomic E-state index is -4.68. The summed E-state index contributed by atoms with van der Waals surface area (Å²) in [6, 6.07) is 2.05. The number of rotatable bonds is 3. The third kappa shape index (κ3) is 2.82. The van der Waals surface area contributed by atoms with Crippen LogP contribution in [0.25, 0.3) is 0 Å². The van der Waals surface area contributed by atoms with Crippen LogP contribution < -0.4 is 5.14 Å². The van der Waals surface area contributed by atoms with E-state index in [1.165, 1.54) is 0 Å². The lowest BCUT2D eigenvalue weighted by Gasteiger charge is -2.11. The number of sulfonamides is 1. The van der Waals surface area contributed by atoms with E-state index in [0.717, 1.165) is 19.1 Å². The van der Waals surface area contributed by atoms with Crippen LogP contribution in [-0.4, -0.2) is 21.4 Å². The lowest BCUT2D eigenvalue weighted by Crippen LogP contribution is -2.16. The summed E-state index contributed by atoms with van der Waals surface area (Å²) in [5.41, 5.74) is -0.472. The van der Waals surface area contributed by atoms with Gasteiger partial charge in [-0.1, -0.05) is 6.07 Å². The number of hydrogen-bond donors (Lipinski definition) is 2. The van der Waals surface area contributed by atoms with Gasteiger partial charge in [0.2, 0.25) is 10.0 Å². The number of benzene rings is 1. The Labute approximate surface area is 98.7 Å². The molecule has 0 fully saturated rings. The average Bonchev–Trinajstić information content (AvgIpc) is 2.12. The van der Waals surface area contributed by atoms with Crippen LogP contribution in [-0.2, 0) is 31.9 Å². The average molecular weight is 280 g/mol. The summed E-state index contributed by atoms with van der Waals surface area (Å²) >= 11 is 0. The molecule has 95 valence electrons. The van der Waals surface area contributed by atoms with Crippen LogP contribution in [0.1, 0.15) is 11.1 Å². The van der Waals surface area contributed by atoms with Gasteiger partial charge >= 0.3 is 0 Å². The van der Waals surface area contributed by atoms with Crippen molar-refractivity contribution in [2.24, 2.45) is 5.14 Å². The highest BCUT2D eigenvalue weighted by atomic mass is 32.2. The first kappa shape index (κ1) is 14.1. The van der Waals surface area contributed by atoms with Gasteiger partial charge in [0.15, 0.2) is 0 Å². The fraction of sp³-hybridized carbons (Fsp3) is 0.250. The zero-order chi connectivity index (χ0) is 13.4. The van der Waals surface area contributed by atoms with Crippen molar-refractivity contribution in [3.05, 3.63) is 23.3 Å². The summed E-state index contributed by atoms with van der Waals surface area (Å²) < 4.78 is 53.5. The monoisotopic (exact) mass is 280 g/mol. The first-order chi connectivity index (χ1) is 7.59. The van der Waals surface area contributed by atoms with Crippen LogP contribution in [0.5, 0.6) is 0 Å². The third-order valence-electron chi connectivity index (χ3n) is 2.16. The molecule has 9 heteroatoms. The quantitative estimate of drug-likeness (QED) is 0.740. The fourth-order valence-electron chi connectivity index (χ4n) is 1.51. The summed E-state index contributed by atoms with van der Waals surface area (Å²) in [6.07, 6.45) is 0. The van der Waals surface area contributed by atoms with Gasteiger partial charge in [0, 0.05) is 5.56 Å². The highest BCUT2D eigenvalue weighted by Crippen LogP contribution is 2.26. The van der Waals surface area contributed by atoms with Crippen molar-refractivity contribution >= 4 is 20.1 Å². The lowest BCUT2D eigenvalue weighted by molar-refractivity contribution is 0.174. The number of nitrogens with two attached hydrogens (primary N) is 1. The maximum absolute atomic E-state index is 11.2. The largest absolute Gasteiger partial charge is 0.295 e. The SMILES string of the molecule is Cc1c(S(N)(=O)=O)ccc(C[O])c1S(=O)(=O)O. The second-order valence-electron chi connectivity index (χ2n) is 3.34. The minimum Gasteiger partial charge on any atom is -0.282 e. The Balaban J connectivity index is 3.80. The van der Waals surface area contributed by atoms with Crippen LogP contribution in [0.2, 0.25) is 0 Å². The van der Waals surface area contributed by atoms with E-state index in [1.54, 1.807) is 0 Å². The molecule has 0 unspecified atom stereocenters. The van der Waals surface area contributed by atoms with E-state index in [-0.39, 0.29) is 11.1 Å². The van der Waals surface area contributed by atoms with E-state index < -0.39 is 36.5 Å². The van der Waals surface area contributed by atoms with E-state index in [0.29, 0.717) is 0 Å². The van der Waals surface area contributed by atoms with E-state index in [1.807, 2.05) is 0 Å². The molecule has 0 bridgehead atoms. The van der Waals surface area contributed by atoms with Crippen LogP contribution in [0.3, 0.4) is 0 Å². The Morgan fingerprint density at radius 2 is 1.76 bits per heavy atom. The molecule has 0 saturated carbocycles. The lowest BCUT2D eigenvalue weighted by atomic mass is 10.1. The second kappa shape index (κ2) is 4.35. The van der Waals surface area contributed by atoms with Crippen LogP contribution in [0.4, 0.5) is 0 Å². The maximum atomic E-state index is 11.2. The van der Waals surface area contributed by atoms with Crippen molar-refractivity contribution in [1.29, 1.82) is 0 Å². The summed E-state index contributed by atoms with van der Waals surface area (Å²) in [5, 5.41) is 15.6.